The number of nitrogens with zero attached hydrogens (tertiary/aromatic N) is 4. The van der Waals surface area contributed by atoms with Gasteiger partial charge in [0.1, 0.15) is 11.7 Å². The summed E-state index contributed by atoms with van der Waals surface area (Å²) in [4.78, 5) is 16.9. The van der Waals surface area contributed by atoms with Gasteiger partial charge in [0, 0.05) is 36.3 Å². The number of nitrogens with one attached hydrogen (secondary N) is 1. The Morgan fingerprint density at radius 2 is 2.13 bits per heavy atom. The molecule has 0 saturated heterocycles. The van der Waals surface area contributed by atoms with Crippen molar-refractivity contribution in [3.05, 3.63) is 64.7 Å². The van der Waals surface area contributed by atoms with E-state index in [1.54, 1.807) is 25.3 Å². The van der Waals surface area contributed by atoms with Gasteiger partial charge in [-0.3, -0.25) is 9.98 Å². The van der Waals surface area contributed by atoms with E-state index in [4.69, 9.17) is 22.1 Å². The molecule has 1 aliphatic heterocycles. The van der Waals surface area contributed by atoms with E-state index in [1.807, 2.05) is 0 Å². The van der Waals surface area contributed by atoms with E-state index in [0.717, 1.165) is 0 Å². The summed E-state index contributed by atoms with van der Waals surface area (Å²) in [7, 11) is 3.11. The van der Waals surface area contributed by atoms with Gasteiger partial charge < -0.3 is 15.2 Å². The van der Waals surface area contributed by atoms with Crippen LogP contribution in [0, 0.1) is 5.82 Å². The van der Waals surface area contributed by atoms with Crippen molar-refractivity contribution >= 4 is 53.2 Å². The van der Waals surface area contributed by atoms with Crippen LogP contribution in [-0.2, 0) is 0 Å². The molecule has 1 aromatic carbocycles. The average Bonchev–Trinajstić information content (AvgIpc) is 2.73. The third-order valence-electron chi connectivity index (χ3n) is 3.97. The van der Waals surface area contributed by atoms with Gasteiger partial charge in [-0.15, -0.1) is 0 Å². The van der Waals surface area contributed by atoms with Gasteiger partial charge in [-0.25, -0.2) is 14.4 Å². The lowest BCUT2D eigenvalue weighted by molar-refractivity contribution is 0.387. The van der Waals surface area contributed by atoms with Crippen molar-refractivity contribution in [3.63, 3.8) is 0 Å². The molecule has 30 heavy (non-hydrogen) atoms. The highest BCUT2D eigenvalue weighted by Crippen LogP contribution is 2.32. The number of anilines is 1. The molecule has 0 fully saturated rings. The predicted octanol–water partition coefficient (Wildman–Crippen LogP) is 4.37. The first-order valence-corrected chi connectivity index (χ1v) is 9.77. The van der Waals surface area contributed by atoms with Crippen LogP contribution in [0.1, 0.15) is 5.56 Å². The Balaban J connectivity index is 1.92. The molecule has 1 aliphatic rings. The fraction of sp³-hybridized carbons (Fsp3) is 0.100. The normalized spacial score (nSPS) is 16.3. The second-order valence-corrected chi connectivity index (χ2v) is 7.25. The number of amidine groups is 2. The molecule has 0 radical (unpaired) electrons. The molecule has 2 aromatic rings. The van der Waals surface area contributed by atoms with Crippen LogP contribution in [0.5, 0.6) is 5.88 Å². The van der Waals surface area contributed by atoms with Gasteiger partial charge >= 0.3 is 0 Å². The van der Waals surface area contributed by atoms with E-state index < -0.39 is 5.82 Å². The van der Waals surface area contributed by atoms with Crippen LogP contribution in [0.3, 0.4) is 0 Å². The lowest BCUT2D eigenvalue weighted by Gasteiger charge is -2.16. The number of hydrogen-bond acceptors (Lipinski definition) is 7. The van der Waals surface area contributed by atoms with E-state index in [9.17, 15) is 4.39 Å². The number of rotatable bonds is 6. The van der Waals surface area contributed by atoms with Crippen LogP contribution in [0.25, 0.3) is 5.57 Å². The molecule has 10 heteroatoms. The zero-order valence-corrected chi connectivity index (χ0v) is 17.8. The van der Waals surface area contributed by atoms with E-state index >= 15 is 0 Å². The summed E-state index contributed by atoms with van der Waals surface area (Å²) in [5, 5.41) is 0.458. The van der Waals surface area contributed by atoms with Crippen LogP contribution in [0.15, 0.2) is 68.2 Å². The Kier molecular flexibility index (Phi) is 6.86. The minimum absolute atomic E-state index is 0.224. The zero-order chi connectivity index (χ0) is 21.7. The number of pyridine rings is 1. The number of dihydropyridines is 1. The summed E-state index contributed by atoms with van der Waals surface area (Å²) in [5.41, 5.74) is 8.32. The van der Waals surface area contributed by atoms with Gasteiger partial charge in [0.2, 0.25) is 5.88 Å². The predicted molar refractivity (Wildman–Crippen MR) is 122 cm³/mol. The third kappa shape index (κ3) is 4.87. The highest BCUT2D eigenvalue weighted by atomic mass is 35.5. The highest BCUT2D eigenvalue weighted by molar-refractivity contribution is 8.00. The second-order valence-electron chi connectivity index (χ2n) is 5.96. The Morgan fingerprint density at radius 1 is 1.33 bits per heavy atom. The summed E-state index contributed by atoms with van der Waals surface area (Å²) in [5.74, 6) is 0.608. The van der Waals surface area contributed by atoms with Crippen molar-refractivity contribution in [1.29, 1.82) is 0 Å². The van der Waals surface area contributed by atoms with Crippen LogP contribution >= 0.6 is 23.5 Å². The van der Waals surface area contributed by atoms with Gasteiger partial charge in [-0.2, -0.15) is 0 Å². The maximum Gasteiger partial charge on any atom is 0.228 e. The molecule has 7 nitrogen and oxygen atoms in total. The number of ether oxygens (including phenoxy) is 1. The quantitative estimate of drug-likeness (QED) is 0.509. The number of nitrogens with two attached hydrogens (primary N) is 1. The van der Waals surface area contributed by atoms with Crippen molar-refractivity contribution < 1.29 is 9.13 Å². The van der Waals surface area contributed by atoms with Crippen molar-refractivity contribution in [1.82, 2.24) is 4.98 Å². The SMILES string of the molecule is C=N/C=C1/C=C(c2cc(F)cc(NSc3cc(Cl)cnc3OC)c2)C(N)=NC1=NC. The van der Waals surface area contributed by atoms with Crippen LogP contribution < -0.4 is 15.2 Å². The highest BCUT2D eigenvalue weighted by Gasteiger charge is 2.18. The largest absolute Gasteiger partial charge is 0.480 e. The molecule has 0 spiro atoms. The summed E-state index contributed by atoms with van der Waals surface area (Å²) in [6.45, 7) is 3.45. The Bertz CT molecular complexity index is 1110. The van der Waals surface area contributed by atoms with Crippen molar-refractivity contribution in [2.24, 2.45) is 20.7 Å². The van der Waals surface area contributed by atoms with Gasteiger partial charge in [0.05, 0.1) is 17.0 Å². The molecule has 0 saturated carbocycles. The van der Waals surface area contributed by atoms with Gasteiger partial charge in [0.25, 0.3) is 0 Å². The van der Waals surface area contributed by atoms with Gasteiger partial charge in [0.15, 0.2) is 5.84 Å². The van der Waals surface area contributed by atoms with Crippen LogP contribution in [-0.4, -0.2) is 37.5 Å². The van der Waals surface area contributed by atoms with Gasteiger partial charge in [-0.05, 0) is 54.6 Å². The van der Waals surface area contributed by atoms with Crippen molar-refractivity contribution in [3.8, 4) is 5.88 Å². The van der Waals surface area contributed by atoms with E-state index in [1.165, 1.54) is 43.6 Å². The number of methoxy groups -OCH3 is 1. The number of halogens is 2. The first-order chi connectivity index (χ1) is 14.4. The Hall–Kier alpha value is -3.17. The van der Waals surface area contributed by atoms with Crippen LogP contribution in [0.2, 0.25) is 5.02 Å². The van der Waals surface area contributed by atoms with E-state index in [0.29, 0.717) is 44.0 Å². The fourth-order valence-electron chi connectivity index (χ4n) is 2.69. The number of hydrogen-bond donors (Lipinski definition) is 2. The molecule has 1 aromatic heterocycles. The van der Waals surface area contributed by atoms with Crippen LogP contribution in [0.4, 0.5) is 10.1 Å². The molecule has 3 N–H and O–H groups in total. The monoisotopic (exact) mass is 444 g/mol. The maximum absolute atomic E-state index is 14.4. The summed E-state index contributed by atoms with van der Waals surface area (Å²) >= 11 is 7.20. The third-order valence-corrected chi connectivity index (χ3v) is 5.03. The molecule has 3 rings (SSSR count). The lowest BCUT2D eigenvalue weighted by atomic mass is 9.99. The van der Waals surface area contributed by atoms with Gasteiger partial charge in [-0.1, -0.05) is 11.6 Å². The average molecular weight is 445 g/mol. The van der Waals surface area contributed by atoms with Crippen molar-refractivity contribution in [2.75, 3.05) is 18.9 Å². The van der Waals surface area contributed by atoms with Crippen molar-refractivity contribution in [2.45, 2.75) is 4.90 Å². The van der Waals surface area contributed by atoms with E-state index in [-0.39, 0.29) is 5.84 Å². The number of aromatic nitrogens is 1. The first kappa shape index (κ1) is 21.5. The zero-order valence-electron chi connectivity index (χ0n) is 16.2. The topological polar surface area (TPSA) is 97.2 Å². The summed E-state index contributed by atoms with van der Waals surface area (Å²) < 4.78 is 22.7. The fourth-order valence-corrected chi connectivity index (χ4v) is 3.67. The minimum Gasteiger partial charge on any atom is -0.480 e. The molecular weight excluding hydrogens is 427 g/mol. The summed E-state index contributed by atoms with van der Waals surface area (Å²) in [6, 6.07) is 6.18. The molecule has 0 atom stereocenters. The molecule has 0 bridgehead atoms. The standard InChI is InChI=1S/C20H18ClFN6OS/c1-24-9-12-6-16(18(23)27-19(12)25-2)11-4-14(22)8-15(5-11)28-30-17-7-13(21)10-26-20(17)29-3/h4-10,28H,1H2,2-3H3,(H2,23,25,27)/b12-9-. The molecule has 154 valence electrons. The lowest BCUT2D eigenvalue weighted by Crippen LogP contribution is -2.21. The second kappa shape index (κ2) is 9.55. The minimum atomic E-state index is -0.442. The number of benzene rings is 1. The molecule has 0 aliphatic carbocycles. The van der Waals surface area contributed by atoms with E-state index in [2.05, 4.69) is 31.4 Å². The Labute approximate surface area is 182 Å². The molecule has 2 heterocycles. The molecular formula is C20H18ClFN6OS. The first-order valence-electron chi connectivity index (χ1n) is 8.58. The maximum atomic E-state index is 14.4. The molecule has 0 amide bonds. The summed E-state index contributed by atoms with van der Waals surface area (Å²) in [6.07, 6.45) is 4.75. The Morgan fingerprint density at radius 3 is 2.83 bits per heavy atom. The smallest absolute Gasteiger partial charge is 0.228 e. The number of aliphatic imine (C=N–C) groups is 3. The molecule has 0 unspecified atom stereocenters.